The summed E-state index contributed by atoms with van der Waals surface area (Å²) in [5.74, 6) is 0. The van der Waals surface area contributed by atoms with Crippen LogP contribution in [-0.2, 0) is 12.8 Å². The predicted molar refractivity (Wildman–Crippen MR) is 101 cm³/mol. The molecular formula is C22H16N4. The van der Waals surface area contributed by atoms with E-state index in [4.69, 9.17) is 19.9 Å². The van der Waals surface area contributed by atoms with Gasteiger partial charge in [-0.2, -0.15) is 0 Å². The Morgan fingerprint density at radius 1 is 0.385 bits per heavy atom. The van der Waals surface area contributed by atoms with Gasteiger partial charge < -0.3 is 0 Å². The van der Waals surface area contributed by atoms with Crippen molar-refractivity contribution >= 4 is 0 Å². The molecule has 4 aromatic rings. The highest BCUT2D eigenvalue weighted by Crippen LogP contribution is 2.21. The van der Waals surface area contributed by atoms with Crippen molar-refractivity contribution in [3.63, 3.8) is 0 Å². The number of hydrogen-bond donors (Lipinski definition) is 0. The fraction of sp³-hybridized carbons (Fsp3) is 0.0909. The molecule has 5 rings (SSSR count). The quantitative estimate of drug-likeness (QED) is 0.427. The van der Waals surface area contributed by atoms with Crippen molar-refractivity contribution in [3.8, 4) is 22.8 Å². The number of rotatable bonds is 0. The molecule has 0 aliphatic carbocycles. The standard InChI is InChI=1S/C22H16N4/c1-5-15-13-16-6-3-11-21(25-16)22-12-4-8-18(26-22)14-17-7-2-10-20(24-17)19(9-1)23-15/h1-12H,13-14H2. The van der Waals surface area contributed by atoms with Gasteiger partial charge in [-0.25, -0.2) is 0 Å². The fourth-order valence-corrected chi connectivity index (χ4v) is 3.25. The minimum atomic E-state index is 0.682. The van der Waals surface area contributed by atoms with Crippen LogP contribution >= 0.6 is 0 Å². The Balaban J connectivity index is 1.73. The largest absolute Gasteiger partial charge is 0.251 e. The Kier molecular flexibility index (Phi) is 3.53. The first-order valence-corrected chi connectivity index (χ1v) is 8.68. The van der Waals surface area contributed by atoms with Crippen LogP contribution in [0, 0.1) is 0 Å². The van der Waals surface area contributed by atoms with E-state index in [9.17, 15) is 0 Å². The summed E-state index contributed by atoms with van der Waals surface area (Å²) in [6.07, 6.45) is 1.36. The number of pyridine rings is 4. The highest BCUT2D eigenvalue weighted by atomic mass is 14.8. The van der Waals surface area contributed by atoms with Crippen LogP contribution in [0.4, 0.5) is 0 Å². The molecule has 0 amide bonds. The van der Waals surface area contributed by atoms with E-state index in [1.165, 1.54) is 0 Å². The van der Waals surface area contributed by atoms with Gasteiger partial charge in [-0.3, -0.25) is 19.9 Å². The molecule has 124 valence electrons. The lowest BCUT2D eigenvalue weighted by atomic mass is 10.1. The van der Waals surface area contributed by atoms with E-state index >= 15 is 0 Å². The molecule has 26 heavy (non-hydrogen) atoms. The van der Waals surface area contributed by atoms with Crippen molar-refractivity contribution in [1.82, 2.24) is 19.9 Å². The Morgan fingerprint density at radius 2 is 0.654 bits per heavy atom. The van der Waals surface area contributed by atoms with Crippen molar-refractivity contribution in [1.29, 1.82) is 0 Å². The number of nitrogens with zero attached hydrogens (tertiary/aromatic N) is 4. The van der Waals surface area contributed by atoms with Gasteiger partial charge in [0, 0.05) is 35.6 Å². The van der Waals surface area contributed by atoms with E-state index < -0.39 is 0 Å². The van der Waals surface area contributed by atoms with E-state index in [1.54, 1.807) is 0 Å². The second-order valence-corrected chi connectivity index (χ2v) is 6.41. The molecule has 1 aliphatic heterocycles. The Morgan fingerprint density at radius 3 is 0.923 bits per heavy atom. The van der Waals surface area contributed by atoms with Crippen LogP contribution in [0.1, 0.15) is 22.8 Å². The van der Waals surface area contributed by atoms with Gasteiger partial charge in [-0.05, 0) is 48.5 Å². The third-order valence-electron chi connectivity index (χ3n) is 4.48. The second kappa shape index (κ2) is 6.15. The van der Waals surface area contributed by atoms with Crippen molar-refractivity contribution in [2.75, 3.05) is 0 Å². The van der Waals surface area contributed by atoms with Crippen molar-refractivity contribution in [3.05, 3.63) is 95.6 Å². The average Bonchev–Trinajstić information content (AvgIpc) is 2.68. The molecule has 4 heteroatoms. The zero-order valence-electron chi connectivity index (χ0n) is 14.1. The SMILES string of the molecule is c1cc2nc(c1)-c1cccc(n1)Cc1cccc(n1)-c1cccc(n1)C2. The van der Waals surface area contributed by atoms with Gasteiger partial charge in [-0.15, -0.1) is 0 Å². The molecule has 0 N–H and O–H groups in total. The normalized spacial score (nSPS) is 12.3. The highest BCUT2D eigenvalue weighted by Gasteiger charge is 2.10. The number of fused-ring (bicyclic) bond motifs is 10. The molecule has 5 heterocycles. The van der Waals surface area contributed by atoms with Crippen LogP contribution in [-0.4, -0.2) is 19.9 Å². The molecule has 4 aromatic heterocycles. The van der Waals surface area contributed by atoms with Gasteiger partial charge in [0.2, 0.25) is 0 Å². The molecule has 0 unspecified atom stereocenters. The fourth-order valence-electron chi connectivity index (χ4n) is 3.25. The third kappa shape index (κ3) is 2.86. The summed E-state index contributed by atoms with van der Waals surface area (Å²) in [4.78, 5) is 19.2. The molecule has 8 bridgehead atoms. The first-order valence-electron chi connectivity index (χ1n) is 8.68. The second-order valence-electron chi connectivity index (χ2n) is 6.41. The van der Waals surface area contributed by atoms with Gasteiger partial charge in [-0.1, -0.05) is 24.3 Å². The molecule has 0 radical (unpaired) electrons. The van der Waals surface area contributed by atoms with Crippen LogP contribution in [0.5, 0.6) is 0 Å². The summed E-state index contributed by atoms with van der Waals surface area (Å²) >= 11 is 0. The van der Waals surface area contributed by atoms with Crippen molar-refractivity contribution < 1.29 is 0 Å². The Bertz CT molecular complexity index is 928. The van der Waals surface area contributed by atoms with Crippen molar-refractivity contribution in [2.24, 2.45) is 0 Å². The molecule has 4 nitrogen and oxygen atoms in total. The molecule has 0 saturated carbocycles. The molecule has 0 spiro atoms. The van der Waals surface area contributed by atoms with Gasteiger partial charge in [0.05, 0.1) is 22.8 Å². The topological polar surface area (TPSA) is 51.6 Å². The van der Waals surface area contributed by atoms with Gasteiger partial charge in [0.25, 0.3) is 0 Å². The highest BCUT2D eigenvalue weighted by molar-refractivity contribution is 5.56. The minimum absolute atomic E-state index is 0.682. The summed E-state index contributed by atoms with van der Waals surface area (Å²) in [6, 6.07) is 24.3. The van der Waals surface area contributed by atoms with E-state index in [0.717, 1.165) is 45.6 Å². The molecule has 1 aliphatic rings. The Hall–Kier alpha value is -3.40. The first kappa shape index (κ1) is 14.9. The predicted octanol–water partition coefficient (Wildman–Crippen LogP) is 4.10. The smallest absolute Gasteiger partial charge is 0.0889 e. The summed E-state index contributed by atoms with van der Waals surface area (Å²) in [6.45, 7) is 0. The van der Waals surface area contributed by atoms with Crippen LogP contribution < -0.4 is 0 Å². The zero-order chi connectivity index (χ0) is 17.3. The van der Waals surface area contributed by atoms with E-state index in [0.29, 0.717) is 12.8 Å². The van der Waals surface area contributed by atoms with Crippen LogP contribution in [0.15, 0.2) is 72.8 Å². The van der Waals surface area contributed by atoms with Crippen molar-refractivity contribution in [2.45, 2.75) is 12.8 Å². The molecule has 0 saturated heterocycles. The Labute approximate surface area is 151 Å². The maximum Gasteiger partial charge on any atom is 0.0889 e. The summed E-state index contributed by atoms with van der Waals surface area (Å²) in [7, 11) is 0. The van der Waals surface area contributed by atoms with E-state index in [1.807, 2.05) is 72.8 Å². The first-order chi connectivity index (χ1) is 12.8. The molecule has 0 aromatic carbocycles. The van der Waals surface area contributed by atoms with Crippen LogP contribution in [0.3, 0.4) is 0 Å². The average molecular weight is 336 g/mol. The lowest BCUT2D eigenvalue weighted by Crippen LogP contribution is -2.02. The minimum Gasteiger partial charge on any atom is -0.251 e. The van der Waals surface area contributed by atoms with Crippen LogP contribution in [0.25, 0.3) is 22.8 Å². The third-order valence-corrected chi connectivity index (χ3v) is 4.48. The van der Waals surface area contributed by atoms with Gasteiger partial charge in [0.15, 0.2) is 0 Å². The van der Waals surface area contributed by atoms with Gasteiger partial charge in [0.1, 0.15) is 0 Å². The maximum absolute atomic E-state index is 4.80. The summed E-state index contributed by atoms with van der Waals surface area (Å²) in [5, 5.41) is 0. The van der Waals surface area contributed by atoms with Gasteiger partial charge >= 0.3 is 0 Å². The zero-order valence-corrected chi connectivity index (χ0v) is 14.1. The molecular weight excluding hydrogens is 320 g/mol. The van der Waals surface area contributed by atoms with Crippen LogP contribution in [0.2, 0.25) is 0 Å². The summed E-state index contributed by atoms with van der Waals surface area (Å²) in [5.41, 5.74) is 7.49. The lowest BCUT2D eigenvalue weighted by molar-refractivity contribution is 0.982. The number of hydrogen-bond acceptors (Lipinski definition) is 4. The lowest BCUT2D eigenvalue weighted by Gasteiger charge is -2.10. The van der Waals surface area contributed by atoms with E-state index in [2.05, 4.69) is 0 Å². The number of aromatic nitrogens is 4. The maximum atomic E-state index is 4.80. The van der Waals surface area contributed by atoms with E-state index in [-0.39, 0.29) is 0 Å². The molecule has 0 atom stereocenters. The molecule has 0 fully saturated rings. The summed E-state index contributed by atoms with van der Waals surface area (Å²) < 4.78 is 0. The monoisotopic (exact) mass is 336 g/mol.